The number of nitrogens with zero attached hydrogens (tertiary/aromatic N) is 1. The molecule has 1 aliphatic rings. The van der Waals surface area contributed by atoms with Crippen LogP contribution in [0.25, 0.3) is 0 Å². The molecule has 1 N–H and O–H groups in total. The van der Waals surface area contributed by atoms with Gasteiger partial charge in [-0.3, -0.25) is 0 Å². The fourth-order valence-electron chi connectivity index (χ4n) is 2.71. The first-order valence-electron chi connectivity index (χ1n) is 6.34. The second-order valence-corrected chi connectivity index (χ2v) is 9.99. The molecule has 0 saturated heterocycles. The lowest BCUT2D eigenvalue weighted by atomic mass is 9.82. The van der Waals surface area contributed by atoms with Gasteiger partial charge in [0, 0.05) is 12.6 Å². The van der Waals surface area contributed by atoms with E-state index in [2.05, 4.69) is 31.1 Å². The predicted octanol–water partition coefficient (Wildman–Crippen LogP) is 3.05. The molecule has 0 aromatic heterocycles. The van der Waals surface area contributed by atoms with Crippen LogP contribution >= 0.6 is 17.9 Å². The van der Waals surface area contributed by atoms with E-state index >= 15 is 0 Å². The van der Waals surface area contributed by atoms with E-state index in [9.17, 15) is 4.89 Å². The molecule has 0 aliphatic heterocycles. The molecule has 3 nitrogen and oxygen atoms in total. The maximum Gasteiger partial charge on any atom is 0.241 e. The summed E-state index contributed by atoms with van der Waals surface area (Å²) in [5.74, 6) is 0.807. The lowest BCUT2D eigenvalue weighted by Gasteiger charge is -2.37. The summed E-state index contributed by atoms with van der Waals surface area (Å²) in [4.78, 5) is 11.6. The van der Waals surface area contributed by atoms with Crippen molar-refractivity contribution in [3.8, 4) is 0 Å². The molecule has 0 aromatic carbocycles. The highest BCUT2D eigenvalue weighted by molar-refractivity contribution is 8.59. The molecule has 17 heavy (non-hydrogen) atoms. The lowest BCUT2D eigenvalue weighted by Crippen LogP contribution is -2.41. The van der Waals surface area contributed by atoms with Crippen molar-refractivity contribution in [3.63, 3.8) is 0 Å². The second-order valence-electron chi connectivity index (χ2n) is 4.82. The van der Waals surface area contributed by atoms with Gasteiger partial charge >= 0.3 is 0 Å². The van der Waals surface area contributed by atoms with Gasteiger partial charge in [0.05, 0.1) is 6.61 Å². The standard InChI is InChI=1S/C11H24NO2PS2/c1-3-10-6-4-5-7-11(10)12(2)8-9-14-15(13,16)17/h10-11H,3-9H2,1-2H3,(H2,13,16,17). The normalized spacial score (nSPS) is 29.2. The average Bonchev–Trinajstić information content (AvgIpc) is 2.27. The summed E-state index contributed by atoms with van der Waals surface area (Å²) in [6.45, 7) is 3.57. The number of likely N-dealkylation sites (N-methyl/N-ethyl adjacent to an activating group) is 1. The fraction of sp³-hybridized carbons (Fsp3) is 1.00. The third-order valence-electron chi connectivity index (χ3n) is 3.66. The number of hydrogen-bond donors (Lipinski definition) is 2. The highest BCUT2D eigenvalue weighted by atomic mass is 32.9. The summed E-state index contributed by atoms with van der Waals surface area (Å²) in [6.07, 6.45) is 6.57. The van der Waals surface area contributed by atoms with Crippen molar-refractivity contribution in [2.24, 2.45) is 5.92 Å². The van der Waals surface area contributed by atoms with Gasteiger partial charge in [-0.05, 0) is 37.6 Å². The lowest BCUT2D eigenvalue weighted by molar-refractivity contribution is 0.111. The molecule has 0 radical (unpaired) electrons. The molecular weight excluding hydrogens is 273 g/mol. The summed E-state index contributed by atoms with van der Waals surface area (Å²) < 4.78 is 5.16. The third-order valence-corrected chi connectivity index (χ3v) is 4.84. The Hall–Kier alpha value is 0.880. The predicted molar refractivity (Wildman–Crippen MR) is 80.1 cm³/mol. The molecule has 1 rings (SSSR count). The zero-order valence-corrected chi connectivity index (χ0v) is 13.3. The van der Waals surface area contributed by atoms with E-state index in [0.29, 0.717) is 12.6 Å². The molecule has 1 aliphatic carbocycles. The summed E-state index contributed by atoms with van der Waals surface area (Å²) in [6, 6.07) is 0.661. The molecule has 6 heteroatoms. The van der Waals surface area contributed by atoms with E-state index in [-0.39, 0.29) is 0 Å². The van der Waals surface area contributed by atoms with Gasteiger partial charge < -0.3 is 14.3 Å². The largest absolute Gasteiger partial charge is 0.338 e. The van der Waals surface area contributed by atoms with E-state index < -0.39 is 5.69 Å². The Labute approximate surface area is 115 Å². The van der Waals surface area contributed by atoms with Crippen molar-refractivity contribution in [1.29, 1.82) is 0 Å². The molecule has 1 fully saturated rings. The van der Waals surface area contributed by atoms with Gasteiger partial charge in [-0.15, -0.1) is 0 Å². The Balaban J connectivity index is 2.34. The Morgan fingerprint density at radius 3 is 2.71 bits per heavy atom. The van der Waals surface area contributed by atoms with E-state index in [1.807, 2.05) is 0 Å². The van der Waals surface area contributed by atoms with E-state index in [4.69, 9.17) is 16.3 Å². The van der Waals surface area contributed by atoms with Crippen LogP contribution in [-0.4, -0.2) is 36.0 Å². The first-order valence-corrected chi connectivity index (χ1v) is 10.2. The van der Waals surface area contributed by atoms with Crippen LogP contribution in [0.15, 0.2) is 0 Å². The third kappa shape index (κ3) is 6.04. The molecule has 3 unspecified atom stereocenters. The van der Waals surface area contributed by atoms with Gasteiger partial charge in [-0.25, -0.2) is 0 Å². The summed E-state index contributed by atoms with van der Waals surface area (Å²) in [5.41, 5.74) is -2.78. The van der Waals surface area contributed by atoms with Gasteiger partial charge in [0.1, 0.15) is 0 Å². The maximum atomic E-state index is 9.29. The monoisotopic (exact) mass is 297 g/mol. The van der Waals surface area contributed by atoms with Gasteiger partial charge in [-0.2, -0.15) is 0 Å². The molecule has 1 saturated carbocycles. The Morgan fingerprint density at radius 1 is 1.47 bits per heavy atom. The van der Waals surface area contributed by atoms with Crippen LogP contribution in [0.3, 0.4) is 0 Å². The van der Waals surface area contributed by atoms with Crippen molar-refractivity contribution in [1.82, 2.24) is 4.90 Å². The highest BCUT2D eigenvalue weighted by Gasteiger charge is 2.26. The molecule has 0 amide bonds. The summed E-state index contributed by atoms with van der Waals surface area (Å²) in [5, 5.41) is 0. The summed E-state index contributed by atoms with van der Waals surface area (Å²) >= 11 is 8.59. The second kappa shape index (κ2) is 7.46. The molecule has 0 bridgehead atoms. The van der Waals surface area contributed by atoms with Crippen molar-refractivity contribution >= 4 is 29.7 Å². The van der Waals surface area contributed by atoms with Crippen molar-refractivity contribution < 1.29 is 9.42 Å². The molecule has 0 spiro atoms. The Kier molecular flexibility index (Phi) is 7.00. The number of hydrogen-bond acceptors (Lipinski definition) is 3. The van der Waals surface area contributed by atoms with Crippen LogP contribution in [0, 0.1) is 5.92 Å². The Bertz CT molecular complexity index is 272. The minimum Gasteiger partial charge on any atom is -0.338 e. The van der Waals surface area contributed by atoms with Crippen molar-refractivity contribution in [3.05, 3.63) is 0 Å². The highest BCUT2D eigenvalue weighted by Crippen LogP contribution is 2.47. The smallest absolute Gasteiger partial charge is 0.241 e. The van der Waals surface area contributed by atoms with Crippen molar-refractivity contribution in [2.75, 3.05) is 20.2 Å². The quantitative estimate of drug-likeness (QED) is 0.583. The number of thiol groups is 1. The van der Waals surface area contributed by atoms with Crippen LogP contribution < -0.4 is 0 Å². The zero-order chi connectivity index (χ0) is 12.9. The van der Waals surface area contributed by atoms with Gasteiger partial charge in [0.25, 0.3) is 0 Å². The van der Waals surface area contributed by atoms with Crippen LogP contribution in [0.1, 0.15) is 39.0 Å². The van der Waals surface area contributed by atoms with Crippen LogP contribution in [0.2, 0.25) is 0 Å². The fourth-order valence-corrected chi connectivity index (χ4v) is 3.50. The molecule has 0 aromatic rings. The Morgan fingerprint density at radius 2 is 2.12 bits per heavy atom. The average molecular weight is 297 g/mol. The van der Waals surface area contributed by atoms with Gasteiger partial charge in [0.2, 0.25) is 5.69 Å². The van der Waals surface area contributed by atoms with Gasteiger partial charge in [0.15, 0.2) is 0 Å². The summed E-state index contributed by atoms with van der Waals surface area (Å²) in [7, 11) is 2.14. The topological polar surface area (TPSA) is 32.7 Å². The molecular formula is C11H24NO2PS2. The van der Waals surface area contributed by atoms with E-state index in [1.54, 1.807) is 0 Å². The van der Waals surface area contributed by atoms with Crippen LogP contribution in [-0.2, 0) is 16.3 Å². The molecule has 3 atom stereocenters. The maximum absolute atomic E-state index is 9.29. The van der Waals surface area contributed by atoms with E-state index in [1.165, 1.54) is 32.1 Å². The number of rotatable bonds is 6. The zero-order valence-electron chi connectivity index (χ0n) is 10.7. The SMILES string of the molecule is CCC1CCCCC1N(C)CCOP(O)(=S)S. The molecule has 102 valence electrons. The molecule has 0 heterocycles. The van der Waals surface area contributed by atoms with Crippen LogP contribution in [0.4, 0.5) is 0 Å². The minimum absolute atomic E-state index is 0.473. The first-order chi connectivity index (χ1) is 7.94. The van der Waals surface area contributed by atoms with E-state index in [0.717, 1.165) is 12.5 Å². The van der Waals surface area contributed by atoms with Crippen LogP contribution in [0.5, 0.6) is 0 Å². The minimum atomic E-state index is -2.78. The van der Waals surface area contributed by atoms with Gasteiger partial charge in [-0.1, -0.05) is 38.4 Å². The first kappa shape index (κ1) is 15.9. The van der Waals surface area contributed by atoms with Crippen molar-refractivity contribution in [2.45, 2.75) is 45.1 Å².